The molecule has 1 aliphatic heterocycles. The minimum absolute atomic E-state index is 0.662. The minimum atomic E-state index is -2.50. The number of hydrogen-bond acceptors (Lipinski definition) is 3. The summed E-state index contributed by atoms with van der Waals surface area (Å²) in [5, 5.41) is 9.89. The molecule has 0 spiro atoms. The maximum atomic E-state index is 5.58. The van der Waals surface area contributed by atoms with Crippen LogP contribution in [0.2, 0.25) is 13.3 Å². The number of rotatable bonds is 13. The van der Waals surface area contributed by atoms with Crippen LogP contribution in [0.4, 0.5) is 0 Å². The first-order valence-electron chi connectivity index (χ1n) is 14.1. The Morgan fingerprint density at radius 2 is 1.48 bits per heavy atom. The Kier molecular flexibility index (Phi) is 11.6. The van der Waals surface area contributed by atoms with E-state index < -0.39 is 18.4 Å². The Labute approximate surface area is 207 Å². The van der Waals surface area contributed by atoms with Crippen LogP contribution in [0.25, 0.3) is 0 Å². The third kappa shape index (κ3) is 8.27. The molecule has 1 saturated heterocycles. The Bertz CT molecular complexity index is 704. The number of ether oxygens (including phenoxy) is 1. The van der Waals surface area contributed by atoms with Crippen molar-refractivity contribution in [3.63, 3.8) is 0 Å². The van der Waals surface area contributed by atoms with E-state index in [1.165, 1.54) is 90.4 Å². The van der Waals surface area contributed by atoms with Crippen molar-refractivity contribution in [2.75, 3.05) is 13.2 Å². The average Bonchev–Trinajstić information content (AvgIpc) is 3.79. The molecule has 0 radical (unpaired) electrons. The summed E-state index contributed by atoms with van der Waals surface area (Å²) in [6.07, 6.45) is 20.8. The Hall–Kier alpha value is -0.541. The van der Waals surface area contributed by atoms with E-state index in [1.54, 1.807) is 9.40 Å². The third-order valence-electron chi connectivity index (χ3n) is 7.85. The Morgan fingerprint density at radius 3 is 1.91 bits per heavy atom. The van der Waals surface area contributed by atoms with Gasteiger partial charge in [0.05, 0.1) is 0 Å². The second-order valence-electron chi connectivity index (χ2n) is 10.9. The summed E-state index contributed by atoms with van der Waals surface area (Å²) in [5.41, 5.74) is 1.62. The Morgan fingerprint density at radius 1 is 0.909 bits per heavy atom. The molecule has 0 N–H and O–H groups in total. The van der Waals surface area contributed by atoms with Crippen molar-refractivity contribution in [3.8, 4) is 12.3 Å². The summed E-state index contributed by atoms with van der Waals surface area (Å²) < 4.78 is 14.1. The van der Waals surface area contributed by atoms with E-state index in [1.807, 2.05) is 0 Å². The molecule has 1 aromatic heterocycles. The van der Waals surface area contributed by atoms with Crippen molar-refractivity contribution < 1.29 is 4.74 Å². The van der Waals surface area contributed by atoms with Gasteiger partial charge >= 0.3 is 177 Å². The zero-order valence-electron chi connectivity index (χ0n) is 21.8. The molecule has 186 valence electrons. The number of nitrogens with zero attached hydrogens (tertiary/aromatic N) is 3. The van der Waals surface area contributed by atoms with Gasteiger partial charge in [0.25, 0.3) is 0 Å². The van der Waals surface area contributed by atoms with Crippen LogP contribution in [0.3, 0.4) is 0 Å². The average molecular weight is 562 g/mol. The van der Waals surface area contributed by atoms with Gasteiger partial charge in [-0.2, -0.15) is 0 Å². The summed E-state index contributed by atoms with van der Waals surface area (Å²) in [5.74, 6) is 4.80. The quantitative estimate of drug-likeness (QED) is 0.199. The second kappa shape index (κ2) is 14.1. The molecular formula is C28H49N3OSn. The van der Waals surface area contributed by atoms with Crippen LogP contribution in [0.15, 0.2) is 0 Å². The molecule has 3 fully saturated rings. The molecule has 0 bridgehead atoms. The molecule has 2 saturated carbocycles. The van der Waals surface area contributed by atoms with Crippen LogP contribution < -0.4 is 3.71 Å². The molecule has 0 atom stereocenters. The van der Waals surface area contributed by atoms with Gasteiger partial charge in [-0.05, 0) is 12.8 Å². The number of hydrogen-bond donors (Lipinski definition) is 0. The number of terminal acetylenes is 1. The molecule has 4 rings (SSSR count). The topological polar surface area (TPSA) is 39.9 Å². The van der Waals surface area contributed by atoms with Crippen LogP contribution in [-0.4, -0.2) is 46.6 Å². The monoisotopic (exact) mass is 563 g/mol. The van der Waals surface area contributed by atoms with Gasteiger partial charge in [-0.15, -0.1) is 12.3 Å². The van der Waals surface area contributed by atoms with Gasteiger partial charge in [0, 0.05) is 5.92 Å². The fraction of sp³-hybridized carbons (Fsp3) is 0.857. The molecule has 0 aromatic carbocycles. The van der Waals surface area contributed by atoms with E-state index in [0.29, 0.717) is 5.92 Å². The molecule has 0 unspecified atom stereocenters. The van der Waals surface area contributed by atoms with Gasteiger partial charge in [0.2, 0.25) is 0 Å². The molecular weight excluding hydrogens is 513 g/mol. The van der Waals surface area contributed by atoms with Gasteiger partial charge in [-0.1, -0.05) is 0 Å². The summed E-state index contributed by atoms with van der Waals surface area (Å²) in [7, 11) is 0. The summed E-state index contributed by atoms with van der Waals surface area (Å²) in [6.45, 7) is 10.0. The fourth-order valence-electron chi connectivity index (χ4n) is 5.29. The van der Waals surface area contributed by atoms with Gasteiger partial charge in [-0.3, -0.25) is 0 Å². The second-order valence-corrected chi connectivity index (χ2v) is 23.8. The molecule has 2 heterocycles. The first kappa shape index (κ1) is 27.1. The van der Waals surface area contributed by atoms with Crippen molar-refractivity contribution in [1.29, 1.82) is 0 Å². The molecule has 3 aliphatic rings. The molecule has 0 amide bonds. The van der Waals surface area contributed by atoms with Gasteiger partial charge < -0.3 is 0 Å². The summed E-state index contributed by atoms with van der Waals surface area (Å²) >= 11 is -2.50. The number of aromatic nitrogens is 3. The predicted octanol–water partition coefficient (Wildman–Crippen LogP) is 6.67. The van der Waals surface area contributed by atoms with Crippen molar-refractivity contribution in [1.82, 2.24) is 15.0 Å². The molecule has 1 aromatic rings. The predicted molar refractivity (Wildman–Crippen MR) is 142 cm³/mol. The van der Waals surface area contributed by atoms with Gasteiger partial charge in [0.15, 0.2) is 0 Å². The van der Waals surface area contributed by atoms with Crippen molar-refractivity contribution >= 4 is 22.1 Å². The van der Waals surface area contributed by atoms with Crippen LogP contribution in [0.5, 0.6) is 0 Å². The van der Waals surface area contributed by atoms with E-state index in [-0.39, 0.29) is 0 Å². The molecule has 4 nitrogen and oxygen atoms in total. The van der Waals surface area contributed by atoms with Crippen LogP contribution in [0, 0.1) is 24.2 Å². The van der Waals surface area contributed by atoms with E-state index in [2.05, 4.69) is 31.4 Å². The fourth-order valence-corrected chi connectivity index (χ4v) is 21.5. The first-order valence-corrected chi connectivity index (χ1v) is 21.6. The van der Waals surface area contributed by atoms with E-state index in [9.17, 15) is 0 Å². The maximum absolute atomic E-state index is 5.58. The van der Waals surface area contributed by atoms with E-state index in [0.717, 1.165) is 31.6 Å². The van der Waals surface area contributed by atoms with Crippen molar-refractivity contribution in [2.45, 2.75) is 124 Å². The van der Waals surface area contributed by atoms with Gasteiger partial charge in [-0.25, -0.2) is 0 Å². The van der Waals surface area contributed by atoms with Crippen molar-refractivity contribution in [2.24, 2.45) is 11.8 Å². The zero-order valence-corrected chi connectivity index (χ0v) is 24.6. The van der Waals surface area contributed by atoms with Crippen LogP contribution in [-0.2, 0) is 11.3 Å². The normalized spacial score (nSPS) is 19.1. The van der Waals surface area contributed by atoms with E-state index in [4.69, 9.17) is 21.5 Å². The summed E-state index contributed by atoms with van der Waals surface area (Å²) in [6, 6.07) is 0. The molecule has 5 heteroatoms. The first-order chi connectivity index (χ1) is 16.2. The van der Waals surface area contributed by atoms with Crippen molar-refractivity contribution in [3.05, 3.63) is 5.69 Å². The van der Waals surface area contributed by atoms with Crippen LogP contribution >= 0.6 is 0 Å². The molecule has 33 heavy (non-hydrogen) atoms. The molecule has 2 aliphatic carbocycles. The standard InChI is InChI=1S/C11H16N3O.C5H6.3C4H9.Sn/c1-2-10(1)11-7-12-13-14(11)8-9-3-5-15-6-4-9;1-2-5-3-4-5;3*1-3-4-2;/h9-10H,1-6,8H2;1,5H,3-4H2;3*1,3-4H2,2H3;. The number of unbranched alkanes of at least 4 members (excludes halogenated alkanes) is 3. The van der Waals surface area contributed by atoms with Crippen LogP contribution in [0.1, 0.15) is 109 Å². The Balaban J connectivity index is 0.000000541. The van der Waals surface area contributed by atoms with E-state index >= 15 is 0 Å². The summed E-state index contributed by atoms with van der Waals surface area (Å²) in [4.78, 5) is 0. The SMILES string of the molecule is C#CC1CC1.CCC[CH2][Sn]([CH2]CCC)([CH2]CCC)[c]1nnn(CC2CCOCC2)c1C1CC1. The zero-order chi connectivity index (χ0) is 23.5. The van der Waals surface area contributed by atoms with Gasteiger partial charge in [0.1, 0.15) is 0 Å². The third-order valence-corrected chi connectivity index (χ3v) is 23.0.